The van der Waals surface area contributed by atoms with Gasteiger partial charge in [0.25, 0.3) is 0 Å². The minimum atomic E-state index is -0.201. The van der Waals surface area contributed by atoms with Crippen LogP contribution in [-0.2, 0) is 9.59 Å². The molecule has 2 amide bonds. The molecule has 1 heterocycles. The highest BCUT2D eigenvalue weighted by atomic mass is 79.9. The Hall–Kier alpha value is -1.40. The Morgan fingerprint density at radius 3 is 2.46 bits per heavy atom. The van der Waals surface area contributed by atoms with Crippen molar-refractivity contribution in [3.63, 3.8) is 0 Å². The van der Waals surface area contributed by atoms with Gasteiger partial charge in [0.15, 0.2) is 0 Å². The first-order chi connectivity index (χ1) is 11.5. The number of anilines is 1. The molecule has 6 heteroatoms. The van der Waals surface area contributed by atoms with Gasteiger partial charge in [0, 0.05) is 22.6 Å². The number of amides is 2. The van der Waals surface area contributed by atoms with Gasteiger partial charge in [-0.15, -0.1) is 0 Å². The molecule has 0 spiro atoms. The molecule has 132 valence electrons. The smallest absolute Gasteiger partial charge is 0.241 e. The van der Waals surface area contributed by atoms with Gasteiger partial charge < -0.3 is 10.6 Å². The Kier molecular flexibility index (Phi) is 7.24. The number of hydrogen-bond acceptors (Lipinski definition) is 3. The summed E-state index contributed by atoms with van der Waals surface area (Å²) in [5, 5.41) is 5.91. The van der Waals surface area contributed by atoms with Gasteiger partial charge in [-0.1, -0.05) is 22.9 Å². The monoisotopic (exact) mass is 395 g/mol. The Morgan fingerprint density at radius 1 is 1.25 bits per heavy atom. The molecule has 1 saturated heterocycles. The van der Waals surface area contributed by atoms with Crippen LogP contribution in [0.1, 0.15) is 33.1 Å². The molecule has 2 N–H and O–H groups in total. The van der Waals surface area contributed by atoms with Gasteiger partial charge in [0.1, 0.15) is 0 Å². The molecule has 1 aromatic rings. The van der Waals surface area contributed by atoms with Crippen molar-refractivity contribution in [1.82, 2.24) is 10.2 Å². The molecule has 0 aromatic heterocycles. The van der Waals surface area contributed by atoms with Gasteiger partial charge in [0.2, 0.25) is 11.8 Å². The molecule has 1 atom stereocenters. The van der Waals surface area contributed by atoms with E-state index in [0.717, 1.165) is 49.1 Å². The van der Waals surface area contributed by atoms with E-state index in [-0.39, 0.29) is 23.8 Å². The van der Waals surface area contributed by atoms with E-state index < -0.39 is 0 Å². The van der Waals surface area contributed by atoms with Crippen molar-refractivity contribution in [3.05, 3.63) is 28.7 Å². The SMILES string of the molecule is CCCNC(=O)C1CCN(C(C)C(=O)Nc2ccc(Br)cc2)CC1. The van der Waals surface area contributed by atoms with E-state index in [1.807, 2.05) is 31.2 Å². The van der Waals surface area contributed by atoms with E-state index in [2.05, 4.69) is 38.4 Å². The van der Waals surface area contributed by atoms with Crippen LogP contribution in [0, 0.1) is 5.92 Å². The number of nitrogens with one attached hydrogen (secondary N) is 2. The first kappa shape index (κ1) is 18.9. The summed E-state index contributed by atoms with van der Waals surface area (Å²) in [5.74, 6) is 0.226. The first-order valence-electron chi connectivity index (χ1n) is 8.59. The molecule has 0 radical (unpaired) electrons. The van der Waals surface area contributed by atoms with E-state index >= 15 is 0 Å². The fourth-order valence-electron chi connectivity index (χ4n) is 2.89. The highest BCUT2D eigenvalue weighted by molar-refractivity contribution is 9.10. The second-order valence-corrected chi connectivity index (χ2v) is 7.19. The van der Waals surface area contributed by atoms with Gasteiger partial charge in [-0.05, 0) is 63.5 Å². The first-order valence-corrected chi connectivity index (χ1v) is 9.38. The van der Waals surface area contributed by atoms with E-state index in [0.29, 0.717) is 0 Å². The topological polar surface area (TPSA) is 61.4 Å². The highest BCUT2D eigenvalue weighted by Crippen LogP contribution is 2.20. The van der Waals surface area contributed by atoms with Gasteiger partial charge >= 0.3 is 0 Å². The lowest BCUT2D eigenvalue weighted by Crippen LogP contribution is -2.48. The summed E-state index contributed by atoms with van der Waals surface area (Å²) in [4.78, 5) is 26.6. The number of benzene rings is 1. The van der Waals surface area contributed by atoms with Gasteiger partial charge in [0.05, 0.1) is 6.04 Å². The van der Waals surface area contributed by atoms with E-state index in [9.17, 15) is 9.59 Å². The summed E-state index contributed by atoms with van der Waals surface area (Å²) < 4.78 is 0.983. The molecule has 1 unspecified atom stereocenters. The molecule has 1 aliphatic rings. The third-order valence-electron chi connectivity index (χ3n) is 4.49. The van der Waals surface area contributed by atoms with E-state index in [1.54, 1.807) is 0 Å². The number of nitrogens with zero attached hydrogens (tertiary/aromatic N) is 1. The highest BCUT2D eigenvalue weighted by Gasteiger charge is 2.29. The zero-order chi connectivity index (χ0) is 17.5. The summed E-state index contributed by atoms with van der Waals surface area (Å²) in [6, 6.07) is 7.35. The third-order valence-corrected chi connectivity index (χ3v) is 5.02. The van der Waals surface area contributed by atoms with Crippen molar-refractivity contribution < 1.29 is 9.59 Å². The average molecular weight is 396 g/mol. The summed E-state index contributed by atoms with van der Waals surface area (Å²) in [5.41, 5.74) is 0.795. The van der Waals surface area contributed by atoms with Crippen LogP contribution in [-0.4, -0.2) is 42.4 Å². The second kappa shape index (κ2) is 9.18. The number of piperidine rings is 1. The van der Waals surface area contributed by atoms with Crippen molar-refractivity contribution in [2.75, 3.05) is 25.0 Å². The van der Waals surface area contributed by atoms with Crippen LogP contribution in [0.15, 0.2) is 28.7 Å². The van der Waals surface area contributed by atoms with Crippen LogP contribution in [0.25, 0.3) is 0 Å². The van der Waals surface area contributed by atoms with Crippen molar-refractivity contribution >= 4 is 33.4 Å². The van der Waals surface area contributed by atoms with Gasteiger partial charge in [-0.3, -0.25) is 14.5 Å². The van der Waals surface area contributed by atoms with Crippen LogP contribution < -0.4 is 10.6 Å². The Bertz CT molecular complexity index is 554. The van der Waals surface area contributed by atoms with Crippen LogP contribution >= 0.6 is 15.9 Å². The molecule has 5 nitrogen and oxygen atoms in total. The maximum absolute atomic E-state index is 12.4. The number of halogens is 1. The maximum Gasteiger partial charge on any atom is 0.241 e. The number of carbonyl (C=O) groups is 2. The molecule has 1 fully saturated rings. The molecule has 1 aliphatic heterocycles. The lowest BCUT2D eigenvalue weighted by atomic mass is 9.95. The summed E-state index contributed by atoms with van der Waals surface area (Å²) in [7, 11) is 0. The lowest BCUT2D eigenvalue weighted by Gasteiger charge is -2.34. The Labute approximate surface area is 152 Å². The average Bonchev–Trinajstić information content (AvgIpc) is 2.61. The van der Waals surface area contributed by atoms with Gasteiger partial charge in [-0.2, -0.15) is 0 Å². The Balaban J connectivity index is 1.81. The minimum Gasteiger partial charge on any atom is -0.356 e. The standard InChI is InChI=1S/C18H26BrN3O2/c1-3-10-20-18(24)14-8-11-22(12-9-14)13(2)17(23)21-16-6-4-15(19)5-7-16/h4-7,13-14H,3,8-12H2,1-2H3,(H,20,24)(H,21,23). The zero-order valence-corrected chi connectivity index (χ0v) is 15.9. The Morgan fingerprint density at radius 2 is 1.88 bits per heavy atom. The second-order valence-electron chi connectivity index (χ2n) is 6.27. The minimum absolute atomic E-state index is 0.00814. The quantitative estimate of drug-likeness (QED) is 0.777. The molecular formula is C18H26BrN3O2. The molecule has 1 aromatic carbocycles. The fraction of sp³-hybridized carbons (Fsp3) is 0.556. The van der Waals surface area contributed by atoms with E-state index in [1.165, 1.54) is 0 Å². The lowest BCUT2D eigenvalue weighted by molar-refractivity contribution is -0.127. The van der Waals surface area contributed by atoms with Crippen molar-refractivity contribution in [1.29, 1.82) is 0 Å². The van der Waals surface area contributed by atoms with Crippen LogP contribution in [0.5, 0.6) is 0 Å². The van der Waals surface area contributed by atoms with E-state index in [4.69, 9.17) is 0 Å². The zero-order valence-electron chi connectivity index (χ0n) is 14.3. The van der Waals surface area contributed by atoms with Crippen LogP contribution in [0.4, 0.5) is 5.69 Å². The maximum atomic E-state index is 12.4. The number of hydrogen-bond donors (Lipinski definition) is 2. The predicted octanol–water partition coefficient (Wildman–Crippen LogP) is 3.01. The van der Waals surface area contributed by atoms with Crippen molar-refractivity contribution in [2.24, 2.45) is 5.92 Å². The third kappa shape index (κ3) is 5.31. The van der Waals surface area contributed by atoms with Gasteiger partial charge in [-0.25, -0.2) is 0 Å². The van der Waals surface area contributed by atoms with Crippen LogP contribution in [0.3, 0.4) is 0 Å². The summed E-state index contributed by atoms with van der Waals surface area (Å²) >= 11 is 3.38. The number of rotatable bonds is 6. The molecule has 2 rings (SSSR count). The van der Waals surface area contributed by atoms with Crippen LogP contribution in [0.2, 0.25) is 0 Å². The molecule has 24 heavy (non-hydrogen) atoms. The molecular weight excluding hydrogens is 370 g/mol. The summed E-state index contributed by atoms with van der Waals surface area (Å²) in [6.45, 7) is 6.27. The number of carbonyl (C=O) groups excluding carboxylic acids is 2. The summed E-state index contributed by atoms with van der Waals surface area (Å²) in [6.07, 6.45) is 2.58. The normalized spacial score (nSPS) is 17.3. The van der Waals surface area contributed by atoms with Crippen molar-refractivity contribution in [2.45, 2.75) is 39.2 Å². The number of likely N-dealkylation sites (tertiary alicyclic amines) is 1. The molecule has 0 aliphatic carbocycles. The molecule has 0 saturated carbocycles. The predicted molar refractivity (Wildman–Crippen MR) is 99.8 cm³/mol. The molecule has 0 bridgehead atoms. The fourth-order valence-corrected chi connectivity index (χ4v) is 3.15. The van der Waals surface area contributed by atoms with Crippen molar-refractivity contribution in [3.8, 4) is 0 Å². The largest absolute Gasteiger partial charge is 0.356 e.